The van der Waals surface area contributed by atoms with Crippen LogP contribution in [0, 0.1) is 0 Å². The van der Waals surface area contributed by atoms with Crippen LogP contribution in [0.15, 0.2) is 43.1 Å². The highest BCUT2D eigenvalue weighted by Crippen LogP contribution is 2.33. The molecule has 0 atom stereocenters. The van der Waals surface area contributed by atoms with Gasteiger partial charge in [-0.05, 0) is 12.1 Å². The van der Waals surface area contributed by atoms with Crippen molar-refractivity contribution in [2.75, 3.05) is 0 Å². The average molecular weight is 421 g/mol. The van der Waals surface area contributed by atoms with E-state index in [1.807, 2.05) is 12.1 Å². The topological polar surface area (TPSA) is 91.2 Å². The van der Waals surface area contributed by atoms with Gasteiger partial charge in [0.05, 0.1) is 11.4 Å². The standard InChI is InChI=1S/C17H17BrN4O4/c1-19-12(9-5-7-10(18)8-6-9)13(20(2)16(19)25)11-14(23)21(3)17(26)22(4)15(11)24/h5-8,23H,1-4H3. The molecular weight excluding hydrogens is 404 g/mol. The highest BCUT2D eigenvalue weighted by Gasteiger charge is 2.26. The third-order valence-electron chi connectivity index (χ3n) is 4.46. The second-order valence-electron chi connectivity index (χ2n) is 6.01. The fourth-order valence-electron chi connectivity index (χ4n) is 3.00. The van der Waals surface area contributed by atoms with Crippen LogP contribution in [0.4, 0.5) is 0 Å². The number of hydrogen-bond acceptors (Lipinski definition) is 4. The quantitative estimate of drug-likeness (QED) is 0.667. The molecule has 0 aliphatic rings. The van der Waals surface area contributed by atoms with Gasteiger partial charge < -0.3 is 5.11 Å². The lowest BCUT2D eigenvalue weighted by Gasteiger charge is -2.13. The fraction of sp³-hybridized carbons (Fsp3) is 0.235. The molecule has 3 rings (SSSR count). The molecule has 1 N–H and O–H groups in total. The van der Waals surface area contributed by atoms with Crippen LogP contribution in [-0.4, -0.2) is 23.4 Å². The Bertz CT molecular complexity index is 1200. The van der Waals surface area contributed by atoms with E-state index in [-0.39, 0.29) is 16.9 Å². The SMILES string of the molecule is Cn1c(-c2ccc(Br)cc2)c(-c2c(O)n(C)c(=O)n(C)c2=O)n(C)c1=O. The van der Waals surface area contributed by atoms with Gasteiger partial charge in [-0.1, -0.05) is 28.1 Å². The van der Waals surface area contributed by atoms with Gasteiger partial charge in [-0.25, -0.2) is 9.59 Å². The first kappa shape index (κ1) is 18.0. The molecule has 0 fully saturated rings. The van der Waals surface area contributed by atoms with Crippen LogP contribution in [0.25, 0.3) is 22.5 Å². The zero-order valence-electron chi connectivity index (χ0n) is 14.6. The van der Waals surface area contributed by atoms with Crippen molar-refractivity contribution in [3.05, 3.63) is 60.1 Å². The maximum Gasteiger partial charge on any atom is 0.333 e. The number of rotatable bonds is 2. The summed E-state index contributed by atoms with van der Waals surface area (Å²) in [4.78, 5) is 37.3. The zero-order valence-corrected chi connectivity index (χ0v) is 16.2. The maximum absolute atomic E-state index is 12.7. The summed E-state index contributed by atoms with van der Waals surface area (Å²) in [7, 11) is 5.80. The van der Waals surface area contributed by atoms with E-state index in [4.69, 9.17) is 0 Å². The van der Waals surface area contributed by atoms with E-state index in [1.54, 1.807) is 19.2 Å². The van der Waals surface area contributed by atoms with Gasteiger partial charge in [-0.15, -0.1) is 0 Å². The molecule has 1 aromatic carbocycles. The molecule has 0 unspecified atom stereocenters. The summed E-state index contributed by atoms with van der Waals surface area (Å²) in [5, 5.41) is 10.5. The smallest absolute Gasteiger partial charge is 0.333 e. The van der Waals surface area contributed by atoms with Crippen molar-refractivity contribution in [3.8, 4) is 28.4 Å². The minimum absolute atomic E-state index is 0.104. The first-order valence-electron chi connectivity index (χ1n) is 7.67. The van der Waals surface area contributed by atoms with Crippen LogP contribution in [0.2, 0.25) is 0 Å². The van der Waals surface area contributed by atoms with Gasteiger partial charge in [0, 0.05) is 38.2 Å². The van der Waals surface area contributed by atoms with E-state index in [9.17, 15) is 19.5 Å². The van der Waals surface area contributed by atoms with E-state index in [0.29, 0.717) is 11.3 Å². The molecule has 3 aromatic rings. The van der Waals surface area contributed by atoms with E-state index >= 15 is 0 Å². The van der Waals surface area contributed by atoms with Gasteiger partial charge >= 0.3 is 11.4 Å². The molecule has 26 heavy (non-hydrogen) atoms. The van der Waals surface area contributed by atoms with Crippen molar-refractivity contribution >= 4 is 15.9 Å². The van der Waals surface area contributed by atoms with Gasteiger partial charge in [-0.2, -0.15) is 0 Å². The van der Waals surface area contributed by atoms with Crippen molar-refractivity contribution in [3.63, 3.8) is 0 Å². The van der Waals surface area contributed by atoms with Crippen LogP contribution in [0.3, 0.4) is 0 Å². The van der Waals surface area contributed by atoms with Gasteiger partial charge in [0.1, 0.15) is 5.56 Å². The first-order chi connectivity index (χ1) is 12.2. The molecule has 0 saturated carbocycles. The summed E-state index contributed by atoms with van der Waals surface area (Å²) in [6.07, 6.45) is 0. The van der Waals surface area contributed by atoms with Gasteiger partial charge in [0.15, 0.2) is 0 Å². The molecular formula is C17H17BrN4O4. The minimum Gasteiger partial charge on any atom is -0.494 e. The van der Waals surface area contributed by atoms with Crippen molar-refractivity contribution < 1.29 is 5.11 Å². The molecule has 2 aromatic heterocycles. The molecule has 9 heteroatoms. The van der Waals surface area contributed by atoms with Crippen molar-refractivity contribution in [1.82, 2.24) is 18.3 Å². The largest absolute Gasteiger partial charge is 0.494 e. The number of nitrogens with zero attached hydrogens (tertiary/aromatic N) is 4. The Morgan fingerprint density at radius 3 is 1.85 bits per heavy atom. The second kappa shape index (κ2) is 6.17. The third-order valence-corrected chi connectivity index (χ3v) is 4.99. The number of halogens is 1. The monoisotopic (exact) mass is 420 g/mol. The van der Waals surface area contributed by atoms with Crippen LogP contribution in [0.5, 0.6) is 5.88 Å². The Kier molecular flexibility index (Phi) is 4.27. The minimum atomic E-state index is -0.676. The number of imidazole rings is 1. The highest BCUT2D eigenvalue weighted by molar-refractivity contribution is 9.10. The summed E-state index contributed by atoms with van der Waals surface area (Å²) in [6, 6.07) is 7.22. The summed E-state index contributed by atoms with van der Waals surface area (Å²) >= 11 is 3.36. The molecule has 0 bridgehead atoms. The summed E-state index contributed by atoms with van der Waals surface area (Å²) in [5.74, 6) is -0.488. The molecule has 0 amide bonds. The molecule has 8 nitrogen and oxygen atoms in total. The predicted octanol–water partition coefficient (Wildman–Crippen LogP) is 0.923. The molecule has 2 heterocycles. The Hall–Kier alpha value is -2.81. The molecule has 0 aliphatic carbocycles. The van der Waals surface area contributed by atoms with Gasteiger partial charge in [0.2, 0.25) is 5.88 Å². The molecule has 0 saturated heterocycles. The second-order valence-corrected chi connectivity index (χ2v) is 6.92. The number of aromatic nitrogens is 4. The summed E-state index contributed by atoms with van der Waals surface area (Å²) < 4.78 is 5.43. The van der Waals surface area contributed by atoms with E-state index < -0.39 is 17.1 Å². The lowest BCUT2D eigenvalue weighted by Crippen LogP contribution is -2.38. The lowest BCUT2D eigenvalue weighted by molar-refractivity contribution is 0.414. The Morgan fingerprint density at radius 2 is 1.27 bits per heavy atom. The van der Waals surface area contributed by atoms with Crippen molar-refractivity contribution in [2.45, 2.75) is 0 Å². The average Bonchev–Trinajstić information content (AvgIpc) is 2.84. The Morgan fingerprint density at radius 1 is 0.769 bits per heavy atom. The molecule has 136 valence electrons. The molecule has 0 aliphatic heterocycles. The van der Waals surface area contributed by atoms with Gasteiger partial charge in [-0.3, -0.25) is 23.1 Å². The Labute approximate surface area is 156 Å². The van der Waals surface area contributed by atoms with Crippen LogP contribution in [-0.2, 0) is 28.2 Å². The van der Waals surface area contributed by atoms with Gasteiger partial charge in [0.25, 0.3) is 5.56 Å². The third kappa shape index (κ3) is 2.47. The van der Waals surface area contributed by atoms with Crippen molar-refractivity contribution in [2.24, 2.45) is 28.2 Å². The highest BCUT2D eigenvalue weighted by atomic mass is 79.9. The molecule has 0 spiro atoms. The summed E-state index contributed by atoms with van der Waals surface area (Å²) in [6.45, 7) is 0. The lowest BCUT2D eigenvalue weighted by atomic mass is 10.1. The van der Waals surface area contributed by atoms with Crippen LogP contribution >= 0.6 is 15.9 Å². The Balaban J connectivity index is 2.51. The predicted molar refractivity (Wildman–Crippen MR) is 101 cm³/mol. The maximum atomic E-state index is 12.7. The van der Waals surface area contributed by atoms with E-state index in [0.717, 1.165) is 13.6 Å². The number of benzene rings is 1. The first-order valence-corrected chi connectivity index (χ1v) is 8.47. The van der Waals surface area contributed by atoms with E-state index in [2.05, 4.69) is 15.9 Å². The molecule has 0 radical (unpaired) electrons. The fourth-order valence-corrected chi connectivity index (χ4v) is 3.26. The van der Waals surface area contributed by atoms with Crippen LogP contribution in [0.1, 0.15) is 0 Å². The number of hydrogen-bond donors (Lipinski definition) is 1. The van der Waals surface area contributed by atoms with Crippen molar-refractivity contribution in [1.29, 1.82) is 0 Å². The summed E-state index contributed by atoms with van der Waals surface area (Å²) in [5.41, 5.74) is -0.378. The zero-order chi connectivity index (χ0) is 19.3. The van der Waals surface area contributed by atoms with Crippen LogP contribution < -0.4 is 16.9 Å². The number of aromatic hydroxyl groups is 1. The normalized spacial score (nSPS) is 11.1. The van der Waals surface area contributed by atoms with E-state index in [1.165, 1.54) is 30.3 Å².